The van der Waals surface area contributed by atoms with E-state index in [1.54, 1.807) is 12.1 Å². The van der Waals surface area contributed by atoms with Crippen molar-refractivity contribution in [1.29, 1.82) is 0 Å². The van der Waals surface area contributed by atoms with Gasteiger partial charge in [0.2, 0.25) is 10.0 Å². The minimum Gasteiger partial charge on any atom is -0.490 e. The van der Waals surface area contributed by atoms with Crippen molar-refractivity contribution in [3.05, 3.63) is 29.8 Å². The molecule has 2 aliphatic heterocycles. The average Bonchev–Trinajstić information content (AvgIpc) is 3.08. The summed E-state index contributed by atoms with van der Waals surface area (Å²) in [4.78, 5) is 12.3. The summed E-state index contributed by atoms with van der Waals surface area (Å²) in [5.74, 6) is 2.66. The quantitative estimate of drug-likeness (QED) is 0.837. The molecule has 0 aliphatic carbocycles. The molecule has 1 atom stereocenters. The molecule has 0 saturated carbocycles. The first-order chi connectivity index (χ1) is 11.9. The fraction of sp³-hybridized carbons (Fsp3) is 0.588. The van der Waals surface area contributed by atoms with Crippen molar-refractivity contribution in [1.82, 2.24) is 9.62 Å². The maximum absolute atomic E-state index is 12.3. The number of nitrogens with zero attached hydrogens (tertiary/aromatic N) is 1. The van der Waals surface area contributed by atoms with Crippen molar-refractivity contribution in [3.8, 4) is 5.75 Å². The molecule has 3 rings (SSSR count). The summed E-state index contributed by atoms with van der Waals surface area (Å²) < 4.78 is 30.6. The normalized spacial score (nSPS) is 22.7. The number of sulfonamides is 1. The molecular weight excluding hydrogens is 360 g/mol. The number of benzene rings is 1. The first-order valence-corrected chi connectivity index (χ1v) is 11.5. The van der Waals surface area contributed by atoms with Gasteiger partial charge in [-0.05, 0) is 43.2 Å². The number of carbonyl (C=O) groups is 1. The van der Waals surface area contributed by atoms with Gasteiger partial charge in [-0.15, -0.1) is 0 Å². The average molecular weight is 385 g/mol. The lowest BCUT2D eigenvalue weighted by molar-refractivity contribution is 0.0939. The monoisotopic (exact) mass is 384 g/mol. The van der Waals surface area contributed by atoms with Crippen molar-refractivity contribution < 1.29 is 17.9 Å². The highest BCUT2D eigenvalue weighted by molar-refractivity contribution is 7.99. The first kappa shape index (κ1) is 18.5. The van der Waals surface area contributed by atoms with E-state index in [2.05, 4.69) is 5.32 Å². The number of hydrogen-bond donors (Lipinski definition) is 1. The summed E-state index contributed by atoms with van der Waals surface area (Å²) in [5, 5.41) is 3.06. The number of thioether (sulfide) groups is 1. The molecule has 138 valence electrons. The molecule has 2 aliphatic rings. The van der Waals surface area contributed by atoms with Crippen molar-refractivity contribution in [2.24, 2.45) is 0 Å². The molecule has 1 aromatic rings. The second-order valence-corrected chi connectivity index (χ2v) is 9.67. The van der Waals surface area contributed by atoms with E-state index in [9.17, 15) is 13.2 Å². The van der Waals surface area contributed by atoms with E-state index in [0.29, 0.717) is 37.2 Å². The minimum atomic E-state index is -3.13. The Morgan fingerprint density at radius 2 is 2.04 bits per heavy atom. The zero-order chi connectivity index (χ0) is 17.9. The molecule has 2 fully saturated rings. The van der Waals surface area contributed by atoms with E-state index >= 15 is 0 Å². The molecule has 0 unspecified atom stereocenters. The topological polar surface area (TPSA) is 75.7 Å². The third kappa shape index (κ3) is 5.12. The Balaban J connectivity index is 1.56. The minimum absolute atomic E-state index is 0.0254. The van der Waals surface area contributed by atoms with Crippen molar-refractivity contribution in [2.75, 3.05) is 30.9 Å². The van der Waals surface area contributed by atoms with Gasteiger partial charge in [0.25, 0.3) is 5.91 Å². The third-order valence-corrected chi connectivity index (χ3v) is 7.00. The number of amides is 1. The maximum atomic E-state index is 12.3. The van der Waals surface area contributed by atoms with Crippen molar-refractivity contribution in [3.63, 3.8) is 0 Å². The standard InChI is InChI=1S/C17H24N2O4S2/c1-25(21,22)19-8-5-15(6-9-19)23-16-4-2-3-13(11-16)17(20)18-14-7-10-24-12-14/h2-4,11,14-15H,5-10,12H2,1H3,(H,18,20)/t14-/m1/s1. The third-order valence-electron chi connectivity index (χ3n) is 4.53. The van der Waals surface area contributed by atoms with Crippen LogP contribution in [0.4, 0.5) is 0 Å². The van der Waals surface area contributed by atoms with E-state index in [0.717, 1.165) is 17.9 Å². The predicted molar refractivity (Wildman–Crippen MR) is 99.7 cm³/mol. The molecule has 2 saturated heterocycles. The lowest BCUT2D eigenvalue weighted by Gasteiger charge is -2.30. The van der Waals surface area contributed by atoms with Gasteiger partial charge in [-0.1, -0.05) is 6.07 Å². The lowest BCUT2D eigenvalue weighted by Crippen LogP contribution is -2.41. The number of ether oxygens (including phenoxy) is 1. The highest BCUT2D eigenvalue weighted by Gasteiger charge is 2.26. The molecule has 1 N–H and O–H groups in total. The van der Waals surface area contributed by atoms with Crippen LogP contribution in [0, 0.1) is 0 Å². The van der Waals surface area contributed by atoms with Gasteiger partial charge >= 0.3 is 0 Å². The van der Waals surface area contributed by atoms with Crippen LogP contribution in [-0.2, 0) is 10.0 Å². The molecule has 8 heteroatoms. The fourth-order valence-electron chi connectivity index (χ4n) is 3.10. The van der Waals surface area contributed by atoms with E-state index in [-0.39, 0.29) is 18.1 Å². The number of nitrogens with one attached hydrogen (secondary N) is 1. The molecule has 0 bridgehead atoms. The van der Waals surface area contributed by atoms with Crippen LogP contribution in [0.3, 0.4) is 0 Å². The zero-order valence-corrected chi connectivity index (χ0v) is 15.9. The lowest BCUT2D eigenvalue weighted by atomic mass is 10.1. The van der Waals surface area contributed by atoms with E-state index in [1.807, 2.05) is 23.9 Å². The van der Waals surface area contributed by atoms with Gasteiger partial charge in [0.1, 0.15) is 11.9 Å². The molecule has 1 amide bonds. The largest absolute Gasteiger partial charge is 0.490 e. The van der Waals surface area contributed by atoms with Gasteiger partial charge in [-0.3, -0.25) is 4.79 Å². The summed E-state index contributed by atoms with van der Waals surface area (Å²) in [7, 11) is -3.13. The highest BCUT2D eigenvalue weighted by atomic mass is 32.2. The second kappa shape index (κ2) is 7.97. The Morgan fingerprint density at radius 1 is 1.28 bits per heavy atom. The number of hydrogen-bond acceptors (Lipinski definition) is 5. The Bertz CT molecular complexity index is 709. The Labute approximate surface area is 153 Å². The van der Waals surface area contributed by atoms with Gasteiger partial charge < -0.3 is 10.1 Å². The summed E-state index contributed by atoms with van der Waals surface area (Å²) in [6.45, 7) is 0.950. The van der Waals surface area contributed by atoms with Gasteiger partial charge in [-0.2, -0.15) is 11.8 Å². The summed E-state index contributed by atoms with van der Waals surface area (Å²) >= 11 is 1.86. The molecule has 1 aromatic carbocycles. The number of carbonyl (C=O) groups excluding carboxylic acids is 1. The zero-order valence-electron chi connectivity index (χ0n) is 14.3. The maximum Gasteiger partial charge on any atom is 0.251 e. The number of piperidine rings is 1. The van der Waals surface area contributed by atoms with Gasteiger partial charge in [0, 0.05) is 30.4 Å². The summed E-state index contributed by atoms with van der Waals surface area (Å²) in [5.41, 5.74) is 0.600. The van der Waals surface area contributed by atoms with Crippen LogP contribution >= 0.6 is 11.8 Å². The highest BCUT2D eigenvalue weighted by Crippen LogP contribution is 2.22. The fourth-order valence-corrected chi connectivity index (χ4v) is 5.13. The second-order valence-electron chi connectivity index (χ2n) is 6.54. The molecule has 2 heterocycles. The smallest absolute Gasteiger partial charge is 0.251 e. The van der Waals surface area contributed by atoms with Crippen LogP contribution < -0.4 is 10.1 Å². The van der Waals surface area contributed by atoms with E-state index in [4.69, 9.17) is 4.74 Å². The molecule has 0 aromatic heterocycles. The number of rotatable bonds is 5. The van der Waals surface area contributed by atoms with Crippen LogP contribution in [0.15, 0.2) is 24.3 Å². The van der Waals surface area contributed by atoms with E-state index < -0.39 is 10.0 Å². The van der Waals surface area contributed by atoms with Gasteiger partial charge in [0.05, 0.1) is 6.26 Å². The Hall–Kier alpha value is -1.25. The Morgan fingerprint density at radius 3 is 2.68 bits per heavy atom. The first-order valence-electron chi connectivity index (χ1n) is 8.52. The van der Waals surface area contributed by atoms with Gasteiger partial charge in [-0.25, -0.2) is 12.7 Å². The summed E-state index contributed by atoms with van der Waals surface area (Å²) in [6.07, 6.45) is 3.54. The summed E-state index contributed by atoms with van der Waals surface area (Å²) in [6, 6.07) is 7.46. The van der Waals surface area contributed by atoms with Crippen LogP contribution in [-0.4, -0.2) is 61.6 Å². The molecule has 0 radical (unpaired) electrons. The van der Waals surface area contributed by atoms with Gasteiger partial charge in [0.15, 0.2) is 0 Å². The Kier molecular flexibility index (Phi) is 5.91. The molecule has 0 spiro atoms. The SMILES string of the molecule is CS(=O)(=O)N1CCC(Oc2cccc(C(=O)N[C@@H]3CCSC3)c2)CC1. The van der Waals surface area contributed by atoms with Crippen molar-refractivity contribution >= 4 is 27.7 Å². The molecule has 6 nitrogen and oxygen atoms in total. The van der Waals surface area contributed by atoms with E-state index in [1.165, 1.54) is 10.6 Å². The molecule has 25 heavy (non-hydrogen) atoms. The van der Waals surface area contributed by atoms with Crippen LogP contribution in [0.5, 0.6) is 5.75 Å². The van der Waals surface area contributed by atoms with Crippen LogP contribution in [0.25, 0.3) is 0 Å². The molecular formula is C17H24N2O4S2. The van der Waals surface area contributed by atoms with Crippen LogP contribution in [0.2, 0.25) is 0 Å². The van der Waals surface area contributed by atoms with Crippen molar-refractivity contribution in [2.45, 2.75) is 31.4 Å². The van der Waals surface area contributed by atoms with Crippen LogP contribution in [0.1, 0.15) is 29.6 Å². The predicted octanol–water partition coefficient (Wildman–Crippen LogP) is 1.72.